The van der Waals surface area contributed by atoms with Gasteiger partial charge in [0.05, 0.1) is 5.75 Å². The average Bonchev–Trinajstić information content (AvgIpc) is 2.44. The molecule has 0 spiro atoms. The van der Waals surface area contributed by atoms with Crippen molar-refractivity contribution in [1.29, 1.82) is 0 Å². The van der Waals surface area contributed by atoms with E-state index in [4.69, 9.17) is 0 Å². The summed E-state index contributed by atoms with van der Waals surface area (Å²) in [6.07, 6.45) is 0. The highest BCUT2D eigenvalue weighted by atomic mass is 32.2. The van der Waals surface area contributed by atoms with Gasteiger partial charge < -0.3 is 4.90 Å². The lowest BCUT2D eigenvalue weighted by Gasteiger charge is -2.24. The second kappa shape index (κ2) is 4.66. The van der Waals surface area contributed by atoms with Crippen LogP contribution in [0.3, 0.4) is 0 Å². The van der Waals surface area contributed by atoms with Crippen LogP contribution in [0, 0.1) is 13.8 Å². The highest BCUT2D eigenvalue weighted by Gasteiger charge is 2.19. The van der Waals surface area contributed by atoms with Gasteiger partial charge in [0.1, 0.15) is 0 Å². The van der Waals surface area contributed by atoms with Gasteiger partial charge in [-0.05, 0) is 31.0 Å². The van der Waals surface area contributed by atoms with Crippen LogP contribution >= 0.6 is 0 Å². The molecule has 1 fully saturated rings. The standard InChI is InChI=1S/C12H18N2O2S/c1-10-4-3-5-12(11(10)2)14-7-6-13-17(15,16)9-8-14/h3-5,13H,6-9H2,1-2H3. The van der Waals surface area contributed by atoms with Crippen molar-refractivity contribution in [2.75, 3.05) is 30.3 Å². The zero-order valence-electron chi connectivity index (χ0n) is 10.2. The van der Waals surface area contributed by atoms with E-state index in [9.17, 15) is 8.42 Å². The van der Waals surface area contributed by atoms with E-state index in [1.54, 1.807) is 0 Å². The van der Waals surface area contributed by atoms with Crippen LogP contribution in [0.5, 0.6) is 0 Å². The third-order valence-corrected chi connectivity index (χ3v) is 4.61. The van der Waals surface area contributed by atoms with E-state index in [0.29, 0.717) is 13.1 Å². The van der Waals surface area contributed by atoms with Gasteiger partial charge in [-0.25, -0.2) is 13.1 Å². The lowest BCUT2D eigenvalue weighted by molar-refractivity contribution is 0.586. The minimum atomic E-state index is -3.07. The summed E-state index contributed by atoms with van der Waals surface area (Å²) in [5.74, 6) is 0.167. The molecule has 0 aliphatic carbocycles. The largest absolute Gasteiger partial charge is 0.369 e. The molecule has 0 atom stereocenters. The van der Waals surface area contributed by atoms with E-state index in [2.05, 4.69) is 35.6 Å². The Kier molecular flexibility index (Phi) is 3.40. The number of nitrogens with one attached hydrogen (secondary N) is 1. The Labute approximate surface area is 103 Å². The Morgan fingerprint density at radius 3 is 2.76 bits per heavy atom. The second-order valence-corrected chi connectivity index (χ2v) is 6.35. The highest BCUT2D eigenvalue weighted by Crippen LogP contribution is 2.22. The fourth-order valence-electron chi connectivity index (χ4n) is 2.07. The first kappa shape index (κ1) is 12.4. The molecule has 1 saturated heterocycles. The van der Waals surface area contributed by atoms with Gasteiger partial charge in [0.25, 0.3) is 0 Å². The molecule has 1 aliphatic rings. The van der Waals surface area contributed by atoms with Crippen LogP contribution in [-0.2, 0) is 10.0 Å². The van der Waals surface area contributed by atoms with Crippen molar-refractivity contribution in [1.82, 2.24) is 4.72 Å². The Morgan fingerprint density at radius 2 is 2.00 bits per heavy atom. The topological polar surface area (TPSA) is 49.4 Å². The van der Waals surface area contributed by atoms with Crippen molar-refractivity contribution in [2.24, 2.45) is 0 Å². The van der Waals surface area contributed by atoms with Crippen molar-refractivity contribution < 1.29 is 8.42 Å². The predicted octanol–water partition coefficient (Wildman–Crippen LogP) is 1.04. The predicted molar refractivity (Wildman–Crippen MR) is 69.9 cm³/mol. The molecule has 2 rings (SSSR count). The number of hydrogen-bond donors (Lipinski definition) is 1. The molecular formula is C12H18N2O2S. The summed E-state index contributed by atoms with van der Waals surface area (Å²) in [4.78, 5) is 2.14. The molecule has 0 radical (unpaired) electrons. The maximum Gasteiger partial charge on any atom is 0.213 e. The van der Waals surface area contributed by atoms with Crippen LogP contribution < -0.4 is 9.62 Å². The molecule has 0 saturated carbocycles. The van der Waals surface area contributed by atoms with Crippen molar-refractivity contribution in [3.8, 4) is 0 Å². The number of anilines is 1. The molecule has 1 aromatic carbocycles. The summed E-state index contributed by atoms with van der Waals surface area (Å²) < 4.78 is 25.5. The summed E-state index contributed by atoms with van der Waals surface area (Å²) in [6.45, 7) is 5.92. The molecule has 0 aromatic heterocycles. The van der Waals surface area contributed by atoms with Crippen LogP contribution in [0.2, 0.25) is 0 Å². The molecule has 94 valence electrons. The number of sulfonamides is 1. The molecule has 0 amide bonds. The minimum absolute atomic E-state index is 0.167. The minimum Gasteiger partial charge on any atom is -0.369 e. The van der Waals surface area contributed by atoms with Crippen LogP contribution in [0.1, 0.15) is 11.1 Å². The molecule has 4 nitrogen and oxygen atoms in total. The van der Waals surface area contributed by atoms with Crippen LogP contribution in [0.15, 0.2) is 18.2 Å². The van der Waals surface area contributed by atoms with Gasteiger partial charge in [-0.1, -0.05) is 12.1 Å². The van der Waals surface area contributed by atoms with Crippen LogP contribution in [-0.4, -0.2) is 33.8 Å². The Hall–Kier alpha value is -1.07. The van der Waals surface area contributed by atoms with Gasteiger partial charge in [-0.2, -0.15) is 0 Å². The molecule has 1 heterocycles. The lowest BCUT2D eigenvalue weighted by Crippen LogP contribution is -2.29. The molecule has 0 unspecified atom stereocenters. The fraction of sp³-hybridized carbons (Fsp3) is 0.500. The highest BCUT2D eigenvalue weighted by molar-refractivity contribution is 7.89. The first-order valence-electron chi connectivity index (χ1n) is 5.78. The zero-order valence-corrected chi connectivity index (χ0v) is 11.0. The van der Waals surface area contributed by atoms with Gasteiger partial charge in [0.2, 0.25) is 10.0 Å². The summed E-state index contributed by atoms with van der Waals surface area (Å²) in [5, 5.41) is 0. The Morgan fingerprint density at radius 1 is 1.24 bits per heavy atom. The van der Waals surface area contributed by atoms with Gasteiger partial charge in [-0.15, -0.1) is 0 Å². The third-order valence-electron chi connectivity index (χ3n) is 3.25. The Bertz CT molecular complexity index is 511. The third kappa shape index (κ3) is 2.79. The lowest BCUT2D eigenvalue weighted by atomic mass is 10.1. The number of hydrogen-bond acceptors (Lipinski definition) is 3. The maximum absolute atomic E-state index is 11.5. The van der Waals surface area contributed by atoms with Gasteiger partial charge >= 0.3 is 0 Å². The first-order valence-corrected chi connectivity index (χ1v) is 7.43. The molecule has 5 heteroatoms. The van der Waals surface area contributed by atoms with E-state index >= 15 is 0 Å². The number of aryl methyl sites for hydroxylation is 1. The van der Waals surface area contributed by atoms with Crippen molar-refractivity contribution in [2.45, 2.75) is 13.8 Å². The van der Waals surface area contributed by atoms with Gasteiger partial charge in [-0.3, -0.25) is 0 Å². The summed E-state index contributed by atoms with van der Waals surface area (Å²) in [5.41, 5.74) is 3.61. The smallest absolute Gasteiger partial charge is 0.213 e. The van der Waals surface area contributed by atoms with Crippen molar-refractivity contribution in [3.05, 3.63) is 29.3 Å². The van der Waals surface area contributed by atoms with E-state index in [1.807, 2.05) is 6.07 Å². The second-order valence-electron chi connectivity index (χ2n) is 4.42. The summed E-state index contributed by atoms with van der Waals surface area (Å²) in [7, 11) is -3.07. The van der Waals surface area contributed by atoms with Crippen molar-refractivity contribution >= 4 is 15.7 Å². The van der Waals surface area contributed by atoms with Gasteiger partial charge in [0.15, 0.2) is 0 Å². The van der Waals surface area contributed by atoms with E-state index < -0.39 is 10.0 Å². The monoisotopic (exact) mass is 254 g/mol. The summed E-state index contributed by atoms with van der Waals surface area (Å²) >= 11 is 0. The number of nitrogens with zero attached hydrogens (tertiary/aromatic N) is 1. The normalized spacial score (nSPS) is 20.0. The number of benzene rings is 1. The Balaban J connectivity index is 2.26. The first-order chi connectivity index (χ1) is 7.99. The fourth-order valence-corrected chi connectivity index (χ4v) is 3.08. The van der Waals surface area contributed by atoms with Gasteiger partial charge in [0, 0.05) is 25.3 Å². The number of rotatable bonds is 1. The van der Waals surface area contributed by atoms with E-state index in [-0.39, 0.29) is 5.75 Å². The van der Waals surface area contributed by atoms with Crippen LogP contribution in [0.25, 0.3) is 0 Å². The average molecular weight is 254 g/mol. The van der Waals surface area contributed by atoms with Crippen LogP contribution in [0.4, 0.5) is 5.69 Å². The molecular weight excluding hydrogens is 236 g/mol. The molecule has 1 N–H and O–H groups in total. The van der Waals surface area contributed by atoms with Crippen molar-refractivity contribution in [3.63, 3.8) is 0 Å². The van der Waals surface area contributed by atoms with E-state index in [1.165, 1.54) is 11.1 Å². The van der Waals surface area contributed by atoms with E-state index in [0.717, 1.165) is 12.2 Å². The molecule has 1 aromatic rings. The molecule has 1 aliphatic heterocycles. The molecule has 0 bridgehead atoms. The summed E-state index contributed by atoms with van der Waals surface area (Å²) in [6, 6.07) is 6.15. The maximum atomic E-state index is 11.5. The quantitative estimate of drug-likeness (QED) is 0.815. The SMILES string of the molecule is Cc1cccc(N2CCNS(=O)(=O)CC2)c1C. The zero-order chi connectivity index (χ0) is 12.5. The molecule has 17 heavy (non-hydrogen) atoms.